The van der Waals surface area contributed by atoms with E-state index in [1.165, 1.54) is 11.3 Å². The van der Waals surface area contributed by atoms with Crippen molar-refractivity contribution in [2.45, 2.75) is 20.3 Å². The molecule has 2 aromatic carbocycles. The van der Waals surface area contributed by atoms with Crippen molar-refractivity contribution in [2.75, 3.05) is 51.9 Å². The van der Waals surface area contributed by atoms with Crippen molar-refractivity contribution >= 4 is 32.6 Å². The van der Waals surface area contributed by atoms with Crippen molar-refractivity contribution in [3.8, 4) is 17.2 Å². The molecule has 0 saturated heterocycles. The van der Waals surface area contributed by atoms with Gasteiger partial charge in [0.15, 0.2) is 5.13 Å². The van der Waals surface area contributed by atoms with Crippen LogP contribution < -0.4 is 19.1 Å². The molecule has 0 aliphatic heterocycles. The number of hydrogen-bond donors (Lipinski definition) is 0. The average Bonchev–Trinajstić information content (AvgIpc) is 3.27. The van der Waals surface area contributed by atoms with E-state index >= 15 is 0 Å². The van der Waals surface area contributed by atoms with Crippen LogP contribution in [0.1, 0.15) is 20.3 Å². The number of thiazole rings is 1. The Balaban J connectivity index is 1.83. The van der Waals surface area contributed by atoms with Crippen molar-refractivity contribution < 1.29 is 19.0 Å². The number of rotatable bonds is 12. The van der Waals surface area contributed by atoms with Gasteiger partial charge in [0.1, 0.15) is 27.5 Å². The molecule has 7 nitrogen and oxygen atoms in total. The van der Waals surface area contributed by atoms with Crippen molar-refractivity contribution in [2.24, 2.45) is 0 Å². The van der Waals surface area contributed by atoms with Crippen LogP contribution >= 0.6 is 11.3 Å². The number of aromatic nitrogens is 1. The number of carbonyl (C=O) groups is 1. The van der Waals surface area contributed by atoms with E-state index in [0.29, 0.717) is 35.3 Å². The summed E-state index contributed by atoms with van der Waals surface area (Å²) in [5.74, 6) is 2.11. The van der Waals surface area contributed by atoms with Crippen LogP contribution in [0, 0.1) is 0 Å². The number of carbonyl (C=O) groups excluding carboxylic acids is 1. The topological polar surface area (TPSA) is 64.1 Å². The second kappa shape index (κ2) is 11.7. The molecule has 0 spiro atoms. The van der Waals surface area contributed by atoms with Crippen LogP contribution in [0.25, 0.3) is 10.2 Å². The molecule has 32 heavy (non-hydrogen) atoms. The Morgan fingerprint density at radius 2 is 1.66 bits per heavy atom. The number of para-hydroxylation sites is 1. The summed E-state index contributed by atoms with van der Waals surface area (Å²) >= 11 is 1.44. The molecule has 3 rings (SSSR count). The first-order valence-corrected chi connectivity index (χ1v) is 11.6. The summed E-state index contributed by atoms with van der Waals surface area (Å²) in [5.41, 5.74) is 0.702. The maximum atomic E-state index is 13.2. The molecular formula is C24H31N3O4S. The van der Waals surface area contributed by atoms with E-state index in [2.05, 4.69) is 18.7 Å². The summed E-state index contributed by atoms with van der Waals surface area (Å²) in [6.07, 6.45) is 0.261. The normalized spacial score (nSPS) is 11.0. The lowest BCUT2D eigenvalue weighted by Crippen LogP contribution is -2.39. The lowest BCUT2D eigenvalue weighted by atomic mass is 10.3. The van der Waals surface area contributed by atoms with Crippen LogP contribution in [0.2, 0.25) is 0 Å². The minimum absolute atomic E-state index is 0.0231. The fourth-order valence-electron chi connectivity index (χ4n) is 3.41. The van der Waals surface area contributed by atoms with E-state index in [0.717, 1.165) is 30.1 Å². The molecule has 8 heteroatoms. The number of methoxy groups -OCH3 is 2. The van der Waals surface area contributed by atoms with Crippen LogP contribution in [0.5, 0.6) is 17.2 Å². The fourth-order valence-corrected chi connectivity index (χ4v) is 4.52. The van der Waals surface area contributed by atoms with E-state index < -0.39 is 0 Å². The number of hydrogen-bond acceptors (Lipinski definition) is 7. The van der Waals surface area contributed by atoms with Gasteiger partial charge < -0.3 is 19.1 Å². The molecule has 1 aromatic heterocycles. The summed E-state index contributed by atoms with van der Waals surface area (Å²) in [7, 11) is 3.25. The van der Waals surface area contributed by atoms with Crippen LogP contribution in [-0.4, -0.2) is 62.8 Å². The molecule has 0 radical (unpaired) electrons. The molecule has 0 aliphatic rings. The number of nitrogens with zero attached hydrogens (tertiary/aromatic N) is 3. The van der Waals surface area contributed by atoms with Crippen molar-refractivity contribution in [1.82, 2.24) is 9.88 Å². The van der Waals surface area contributed by atoms with Gasteiger partial charge >= 0.3 is 0 Å². The molecule has 0 aliphatic carbocycles. The number of benzene rings is 2. The standard InChI is InChI=1S/C24H31N3O4S/c1-5-26(6-2)15-16-27(21(28)14-17-31-18-10-8-7-9-11-18)24-25-22-19(29-3)12-13-20(30-4)23(22)32-24/h7-13H,5-6,14-17H2,1-4H3. The molecule has 0 atom stereocenters. The van der Waals surface area contributed by atoms with Gasteiger partial charge in [-0.1, -0.05) is 43.4 Å². The largest absolute Gasteiger partial charge is 0.495 e. The van der Waals surface area contributed by atoms with Gasteiger partial charge in [-0.25, -0.2) is 4.98 Å². The van der Waals surface area contributed by atoms with E-state index in [9.17, 15) is 4.79 Å². The monoisotopic (exact) mass is 457 g/mol. The highest BCUT2D eigenvalue weighted by Crippen LogP contribution is 2.40. The molecular weight excluding hydrogens is 426 g/mol. The van der Waals surface area contributed by atoms with Crippen molar-refractivity contribution in [3.05, 3.63) is 42.5 Å². The van der Waals surface area contributed by atoms with Crippen LogP contribution in [0.3, 0.4) is 0 Å². The first-order valence-electron chi connectivity index (χ1n) is 10.8. The molecule has 1 heterocycles. The van der Waals surface area contributed by atoms with Crippen molar-refractivity contribution in [3.63, 3.8) is 0 Å². The fraction of sp³-hybridized carbons (Fsp3) is 0.417. The molecule has 172 valence electrons. The Labute approximate surface area is 193 Å². The Hall–Kier alpha value is -2.84. The quantitative estimate of drug-likeness (QED) is 0.400. The average molecular weight is 458 g/mol. The number of fused-ring (bicyclic) bond motifs is 1. The maximum Gasteiger partial charge on any atom is 0.232 e. The second-order valence-corrected chi connectivity index (χ2v) is 8.11. The molecule has 0 bridgehead atoms. The number of ether oxygens (including phenoxy) is 3. The minimum atomic E-state index is -0.0231. The number of anilines is 1. The van der Waals surface area contributed by atoms with E-state index in [4.69, 9.17) is 19.2 Å². The zero-order chi connectivity index (χ0) is 22.9. The highest BCUT2D eigenvalue weighted by Gasteiger charge is 2.23. The lowest BCUT2D eigenvalue weighted by molar-refractivity contribution is -0.119. The van der Waals surface area contributed by atoms with Gasteiger partial charge in [-0.05, 0) is 37.4 Å². The van der Waals surface area contributed by atoms with Crippen LogP contribution in [0.15, 0.2) is 42.5 Å². The SMILES string of the molecule is CCN(CC)CCN(C(=O)CCOc1ccccc1)c1nc2c(OC)ccc(OC)c2s1. The van der Waals surface area contributed by atoms with Gasteiger partial charge in [-0.15, -0.1) is 0 Å². The molecule has 3 aromatic rings. The summed E-state index contributed by atoms with van der Waals surface area (Å²) in [6, 6.07) is 13.2. The molecule has 0 unspecified atom stereocenters. The molecule has 0 saturated carbocycles. The van der Waals surface area contributed by atoms with Gasteiger partial charge in [0, 0.05) is 13.1 Å². The Morgan fingerprint density at radius 1 is 0.969 bits per heavy atom. The van der Waals surface area contributed by atoms with Gasteiger partial charge in [-0.3, -0.25) is 9.69 Å². The van der Waals surface area contributed by atoms with Gasteiger partial charge in [0.25, 0.3) is 0 Å². The Bertz CT molecular complexity index is 964. The van der Waals surface area contributed by atoms with E-state index in [-0.39, 0.29) is 12.3 Å². The summed E-state index contributed by atoms with van der Waals surface area (Å²) in [4.78, 5) is 22.1. The first kappa shape index (κ1) is 23.8. The Kier molecular flexibility index (Phi) is 8.70. The number of likely N-dealkylation sites (N-methyl/N-ethyl adjacent to an activating group) is 1. The number of amides is 1. The lowest BCUT2D eigenvalue weighted by Gasteiger charge is -2.24. The third-order valence-electron chi connectivity index (χ3n) is 5.29. The zero-order valence-corrected chi connectivity index (χ0v) is 20.0. The van der Waals surface area contributed by atoms with Gasteiger partial charge in [0.05, 0.1) is 27.2 Å². The van der Waals surface area contributed by atoms with Gasteiger partial charge in [0.2, 0.25) is 5.91 Å². The van der Waals surface area contributed by atoms with Crippen molar-refractivity contribution in [1.29, 1.82) is 0 Å². The smallest absolute Gasteiger partial charge is 0.232 e. The second-order valence-electron chi connectivity index (χ2n) is 7.13. The Morgan fingerprint density at radius 3 is 2.31 bits per heavy atom. The van der Waals surface area contributed by atoms with E-state index in [1.54, 1.807) is 19.1 Å². The molecule has 1 amide bonds. The van der Waals surface area contributed by atoms with Crippen LogP contribution in [-0.2, 0) is 4.79 Å². The first-order chi connectivity index (χ1) is 15.6. The van der Waals surface area contributed by atoms with Gasteiger partial charge in [-0.2, -0.15) is 0 Å². The summed E-state index contributed by atoms with van der Waals surface area (Å²) in [6.45, 7) is 7.72. The predicted molar refractivity (Wildman–Crippen MR) is 129 cm³/mol. The minimum Gasteiger partial charge on any atom is -0.495 e. The maximum absolute atomic E-state index is 13.2. The zero-order valence-electron chi connectivity index (χ0n) is 19.2. The summed E-state index contributed by atoms with van der Waals surface area (Å²) in [5, 5.41) is 0.639. The molecule has 0 N–H and O–H groups in total. The third-order valence-corrected chi connectivity index (χ3v) is 6.39. The molecule has 0 fully saturated rings. The highest BCUT2D eigenvalue weighted by molar-refractivity contribution is 7.22. The summed E-state index contributed by atoms with van der Waals surface area (Å²) < 4.78 is 17.6. The predicted octanol–water partition coefficient (Wildman–Crippen LogP) is 4.46. The van der Waals surface area contributed by atoms with Crippen LogP contribution in [0.4, 0.5) is 5.13 Å². The third kappa shape index (κ3) is 5.69. The highest BCUT2D eigenvalue weighted by atomic mass is 32.1. The van der Waals surface area contributed by atoms with E-state index in [1.807, 2.05) is 42.5 Å².